The Morgan fingerprint density at radius 2 is 1.91 bits per heavy atom. The van der Waals surface area contributed by atoms with Crippen LogP contribution in [0.3, 0.4) is 0 Å². The first-order valence-corrected chi connectivity index (χ1v) is 3.71. The van der Waals surface area contributed by atoms with E-state index in [0.717, 1.165) is 0 Å². The fourth-order valence-corrected chi connectivity index (χ4v) is 0.907. The molecular formula is C9H8ClO. The van der Waals surface area contributed by atoms with Gasteiger partial charge in [-0.05, 0) is 24.3 Å². The minimum absolute atomic E-state index is 0.0293. The highest BCUT2D eigenvalue weighted by Crippen LogP contribution is 2.10. The van der Waals surface area contributed by atoms with Gasteiger partial charge in [0.2, 0.25) is 0 Å². The van der Waals surface area contributed by atoms with Crippen molar-refractivity contribution in [3.63, 3.8) is 0 Å². The van der Waals surface area contributed by atoms with E-state index in [0.29, 0.717) is 10.6 Å². The van der Waals surface area contributed by atoms with Gasteiger partial charge in [0.25, 0.3) is 0 Å². The third kappa shape index (κ3) is 2.05. The first kappa shape index (κ1) is 8.28. The van der Waals surface area contributed by atoms with Gasteiger partial charge >= 0.3 is 0 Å². The third-order valence-electron chi connectivity index (χ3n) is 1.39. The second-order valence-electron chi connectivity index (χ2n) is 2.16. The van der Waals surface area contributed by atoms with Crippen LogP contribution in [0.25, 0.3) is 0 Å². The maximum absolute atomic E-state index is 11.0. The molecule has 0 bridgehead atoms. The van der Waals surface area contributed by atoms with Crippen molar-refractivity contribution in [2.75, 3.05) is 0 Å². The van der Waals surface area contributed by atoms with Crippen LogP contribution in [0.1, 0.15) is 17.3 Å². The van der Waals surface area contributed by atoms with Crippen LogP contribution < -0.4 is 0 Å². The lowest BCUT2D eigenvalue weighted by atomic mass is 10.1. The maximum Gasteiger partial charge on any atom is 0.166 e. The van der Waals surface area contributed by atoms with Crippen LogP contribution in [0.4, 0.5) is 0 Å². The normalized spacial score (nSPS) is 9.64. The largest absolute Gasteiger partial charge is 0.294 e. The van der Waals surface area contributed by atoms with Gasteiger partial charge in [-0.1, -0.05) is 18.5 Å². The monoisotopic (exact) mass is 167 g/mol. The molecule has 1 aromatic carbocycles. The second kappa shape index (κ2) is 3.54. The Balaban J connectivity index is 2.90. The zero-order chi connectivity index (χ0) is 8.27. The van der Waals surface area contributed by atoms with Crippen LogP contribution >= 0.6 is 11.6 Å². The van der Waals surface area contributed by atoms with Crippen molar-refractivity contribution in [2.45, 2.75) is 6.92 Å². The quantitative estimate of drug-likeness (QED) is 0.619. The van der Waals surface area contributed by atoms with Gasteiger partial charge in [0.05, 0.1) is 0 Å². The van der Waals surface area contributed by atoms with E-state index < -0.39 is 0 Å². The lowest BCUT2D eigenvalue weighted by Crippen LogP contribution is -1.95. The zero-order valence-electron chi connectivity index (χ0n) is 6.17. The summed E-state index contributed by atoms with van der Waals surface area (Å²) in [5.41, 5.74) is 0.678. The van der Waals surface area contributed by atoms with Gasteiger partial charge in [0.1, 0.15) is 0 Å². The summed E-state index contributed by atoms with van der Waals surface area (Å²) >= 11 is 5.64. The fourth-order valence-electron chi connectivity index (χ4n) is 0.781. The Hall–Kier alpha value is -0.820. The van der Waals surface area contributed by atoms with Gasteiger partial charge in [-0.3, -0.25) is 4.79 Å². The summed E-state index contributed by atoms with van der Waals surface area (Å²) in [4.78, 5) is 11.0. The highest BCUT2D eigenvalue weighted by atomic mass is 35.5. The lowest BCUT2D eigenvalue weighted by molar-refractivity contribution is 0.103. The molecule has 1 aromatic rings. The van der Waals surface area contributed by atoms with Gasteiger partial charge in [-0.25, -0.2) is 0 Å². The zero-order valence-corrected chi connectivity index (χ0v) is 6.93. The topological polar surface area (TPSA) is 17.1 Å². The summed E-state index contributed by atoms with van der Waals surface area (Å²) in [6.07, 6.45) is 1.53. The molecule has 0 N–H and O–H groups in total. The number of Topliss-reactive ketones (excluding diaryl/α,β-unsaturated/α-hetero) is 1. The van der Waals surface area contributed by atoms with Crippen LogP contribution in [-0.4, -0.2) is 5.78 Å². The van der Waals surface area contributed by atoms with Crippen molar-refractivity contribution in [3.05, 3.63) is 41.3 Å². The van der Waals surface area contributed by atoms with Crippen molar-refractivity contribution in [3.8, 4) is 0 Å². The SMILES string of the molecule is C[CH]C(=O)c1ccc(Cl)cc1. The predicted molar refractivity (Wildman–Crippen MR) is 45.8 cm³/mol. The summed E-state index contributed by atoms with van der Waals surface area (Å²) < 4.78 is 0. The van der Waals surface area contributed by atoms with Crippen molar-refractivity contribution in [2.24, 2.45) is 0 Å². The molecule has 0 aliphatic rings. The van der Waals surface area contributed by atoms with Gasteiger partial charge < -0.3 is 0 Å². The van der Waals surface area contributed by atoms with Crippen LogP contribution in [0.15, 0.2) is 24.3 Å². The molecule has 0 aliphatic heterocycles. The van der Waals surface area contributed by atoms with Crippen LogP contribution in [0.5, 0.6) is 0 Å². The number of halogens is 1. The average molecular weight is 168 g/mol. The number of carbonyl (C=O) groups is 1. The molecule has 0 heterocycles. The molecule has 0 unspecified atom stereocenters. The van der Waals surface area contributed by atoms with E-state index in [4.69, 9.17) is 11.6 Å². The smallest absolute Gasteiger partial charge is 0.166 e. The van der Waals surface area contributed by atoms with E-state index in [-0.39, 0.29) is 5.78 Å². The molecule has 0 aromatic heterocycles. The minimum Gasteiger partial charge on any atom is -0.294 e. The molecule has 0 amide bonds. The van der Waals surface area contributed by atoms with Gasteiger partial charge in [0, 0.05) is 17.0 Å². The minimum atomic E-state index is 0.0293. The van der Waals surface area contributed by atoms with Crippen LogP contribution in [0, 0.1) is 6.42 Å². The Labute approximate surface area is 71.0 Å². The molecule has 1 nitrogen and oxygen atoms in total. The number of benzene rings is 1. The van der Waals surface area contributed by atoms with Crippen molar-refractivity contribution >= 4 is 17.4 Å². The standard InChI is InChI=1S/C9H8ClO/c1-2-9(11)7-3-5-8(10)6-4-7/h2-6H,1H3. The highest BCUT2D eigenvalue weighted by molar-refractivity contribution is 6.30. The number of ketones is 1. The number of hydrogen-bond acceptors (Lipinski definition) is 1. The van der Waals surface area contributed by atoms with E-state index in [9.17, 15) is 4.79 Å². The van der Waals surface area contributed by atoms with Gasteiger partial charge in [-0.15, -0.1) is 0 Å². The first-order chi connectivity index (χ1) is 5.24. The predicted octanol–water partition coefficient (Wildman–Crippen LogP) is 2.75. The van der Waals surface area contributed by atoms with E-state index in [1.165, 1.54) is 6.42 Å². The first-order valence-electron chi connectivity index (χ1n) is 3.33. The van der Waals surface area contributed by atoms with Crippen LogP contribution in [0.2, 0.25) is 5.02 Å². The Morgan fingerprint density at radius 3 is 2.36 bits per heavy atom. The molecule has 2 heteroatoms. The maximum atomic E-state index is 11.0. The lowest BCUT2D eigenvalue weighted by Gasteiger charge is -1.95. The Morgan fingerprint density at radius 1 is 1.36 bits per heavy atom. The molecule has 0 aliphatic carbocycles. The van der Waals surface area contributed by atoms with Crippen molar-refractivity contribution in [1.29, 1.82) is 0 Å². The Kier molecular flexibility index (Phi) is 2.66. The molecule has 0 saturated heterocycles. The Bertz CT molecular complexity index is 251. The van der Waals surface area contributed by atoms with E-state index in [1.54, 1.807) is 31.2 Å². The van der Waals surface area contributed by atoms with E-state index in [2.05, 4.69) is 0 Å². The molecule has 0 saturated carbocycles. The molecular weight excluding hydrogens is 160 g/mol. The molecule has 1 radical (unpaired) electrons. The highest BCUT2D eigenvalue weighted by Gasteiger charge is 2.00. The molecule has 0 fully saturated rings. The molecule has 0 atom stereocenters. The summed E-state index contributed by atoms with van der Waals surface area (Å²) in [7, 11) is 0. The molecule has 0 spiro atoms. The third-order valence-corrected chi connectivity index (χ3v) is 1.64. The summed E-state index contributed by atoms with van der Waals surface area (Å²) in [6.45, 7) is 1.72. The summed E-state index contributed by atoms with van der Waals surface area (Å²) in [5.74, 6) is 0.0293. The number of carbonyl (C=O) groups excluding carboxylic acids is 1. The van der Waals surface area contributed by atoms with Crippen molar-refractivity contribution in [1.82, 2.24) is 0 Å². The van der Waals surface area contributed by atoms with Crippen molar-refractivity contribution < 1.29 is 4.79 Å². The average Bonchev–Trinajstić information content (AvgIpc) is 2.05. The number of rotatable bonds is 2. The van der Waals surface area contributed by atoms with E-state index in [1.807, 2.05) is 0 Å². The fraction of sp³-hybridized carbons (Fsp3) is 0.111. The van der Waals surface area contributed by atoms with E-state index >= 15 is 0 Å². The summed E-state index contributed by atoms with van der Waals surface area (Å²) in [6, 6.07) is 6.84. The van der Waals surface area contributed by atoms with Gasteiger partial charge in [-0.2, -0.15) is 0 Å². The molecule has 1 rings (SSSR count). The number of hydrogen-bond donors (Lipinski definition) is 0. The molecule has 11 heavy (non-hydrogen) atoms. The van der Waals surface area contributed by atoms with Crippen LogP contribution in [-0.2, 0) is 0 Å². The molecule has 57 valence electrons. The second-order valence-corrected chi connectivity index (χ2v) is 2.60. The van der Waals surface area contributed by atoms with Gasteiger partial charge in [0.15, 0.2) is 5.78 Å². The summed E-state index contributed by atoms with van der Waals surface area (Å²) in [5, 5.41) is 0.651.